The van der Waals surface area contributed by atoms with Crippen molar-refractivity contribution in [3.05, 3.63) is 18.2 Å². The molecule has 158 valence electrons. The SMILES string of the molecule is CC(C(=O)Nc1ccc2c(c1)OCO2)N1CCN(C(=O)CN2CCOCC2)CC1. The molecule has 2 fully saturated rings. The number of anilines is 1. The van der Waals surface area contributed by atoms with Crippen LogP contribution in [0.4, 0.5) is 5.69 Å². The van der Waals surface area contributed by atoms with Gasteiger partial charge >= 0.3 is 0 Å². The van der Waals surface area contributed by atoms with Crippen molar-refractivity contribution >= 4 is 17.5 Å². The molecule has 0 spiro atoms. The van der Waals surface area contributed by atoms with E-state index < -0.39 is 0 Å². The van der Waals surface area contributed by atoms with E-state index in [0.29, 0.717) is 63.1 Å². The molecule has 3 aliphatic heterocycles. The Hall–Kier alpha value is -2.36. The van der Waals surface area contributed by atoms with E-state index in [-0.39, 0.29) is 24.6 Å². The highest BCUT2D eigenvalue weighted by atomic mass is 16.7. The molecule has 1 N–H and O–H groups in total. The minimum Gasteiger partial charge on any atom is -0.454 e. The normalized spacial score (nSPS) is 21.1. The van der Waals surface area contributed by atoms with Gasteiger partial charge in [-0.25, -0.2) is 0 Å². The molecule has 9 nitrogen and oxygen atoms in total. The molecule has 1 aromatic carbocycles. The Bertz CT molecular complexity index is 744. The van der Waals surface area contributed by atoms with Crippen LogP contribution in [0.1, 0.15) is 6.92 Å². The lowest BCUT2D eigenvalue weighted by atomic mass is 10.2. The zero-order valence-corrected chi connectivity index (χ0v) is 16.8. The molecule has 0 aliphatic carbocycles. The van der Waals surface area contributed by atoms with Crippen molar-refractivity contribution in [2.45, 2.75) is 13.0 Å². The van der Waals surface area contributed by atoms with E-state index in [2.05, 4.69) is 15.1 Å². The molecule has 1 aromatic rings. The number of fused-ring (bicyclic) bond motifs is 1. The highest BCUT2D eigenvalue weighted by molar-refractivity contribution is 5.94. The second-order valence-electron chi connectivity index (χ2n) is 7.54. The van der Waals surface area contributed by atoms with Gasteiger partial charge in [0, 0.05) is 51.0 Å². The van der Waals surface area contributed by atoms with E-state index in [1.54, 1.807) is 18.2 Å². The van der Waals surface area contributed by atoms with Crippen molar-refractivity contribution in [2.75, 3.05) is 71.1 Å². The van der Waals surface area contributed by atoms with E-state index in [9.17, 15) is 9.59 Å². The highest BCUT2D eigenvalue weighted by Crippen LogP contribution is 2.34. The van der Waals surface area contributed by atoms with E-state index in [1.807, 2.05) is 11.8 Å². The summed E-state index contributed by atoms with van der Waals surface area (Å²) in [4.78, 5) is 31.3. The van der Waals surface area contributed by atoms with Crippen molar-refractivity contribution in [3.63, 3.8) is 0 Å². The number of nitrogens with zero attached hydrogens (tertiary/aromatic N) is 3. The number of nitrogens with one attached hydrogen (secondary N) is 1. The van der Waals surface area contributed by atoms with Crippen LogP contribution < -0.4 is 14.8 Å². The molecule has 3 aliphatic rings. The van der Waals surface area contributed by atoms with E-state index >= 15 is 0 Å². The third-order valence-corrected chi connectivity index (χ3v) is 5.70. The first-order chi connectivity index (χ1) is 14.1. The minimum atomic E-state index is -0.281. The van der Waals surface area contributed by atoms with Gasteiger partial charge in [0.2, 0.25) is 18.6 Å². The van der Waals surface area contributed by atoms with Gasteiger partial charge in [0.1, 0.15) is 0 Å². The summed E-state index contributed by atoms with van der Waals surface area (Å²) >= 11 is 0. The van der Waals surface area contributed by atoms with Crippen LogP contribution in [0.2, 0.25) is 0 Å². The minimum absolute atomic E-state index is 0.0723. The lowest BCUT2D eigenvalue weighted by Gasteiger charge is -2.38. The van der Waals surface area contributed by atoms with Gasteiger partial charge in [-0.2, -0.15) is 0 Å². The summed E-state index contributed by atoms with van der Waals surface area (Å²) in [5.41, 5.74) is 0.686. The van der Waals surface area contributed by atoms with Crippen LogP contribution in [-0.2, 0) is 14.3 Å². The maximum atomic E-state index is 12.7. The van der Waals surface area contributed by atoms with Gasteiger partial charge in [0.15, 0.2) is 11.5 Å². The fourth-order valence-electron chi connectivity index (χ4n) is 3.80. The third kappa shape index (κ3) is 4.80. The van der Waals surface area contributed by atoms with Gasteiger partial charge < -0.3 is 24.4 Å². The zero-order valence-electron chi connectivity index (χ0n) is 16.8. The van der Waals surface area contributed by atoms with Crippen LogP contribution in [0.3, 0.4) is 0 Å². The van der Waals surface area contributed by atoms with Crippen molar-refractivity contribution in [2.24, 2.45) is 0 Å². The Morgan fingerprint density at radius 2 is 1.76 bits per heavy atom. The van der Waals surface area contributed by atoms with Crippen molar-refractivity contribution in [1.29, 1.82) is 0 Å². The summed E-state index contributed by atoms with van der Waals surface area (Å²) < 4.78 is 16.0. The molecule has 9 heteroatoms. The average Bonchev–Trinajstić information content (AvgIpc) is 3.22. The molecule has 1 unspecified atom stereocenters. The van der Waals surface area contributed by atoms with Gasteiger partial charge in [-0.15, -0.1) is 0 Å². The van der Waals surface area contributed by atoms with E-state index in [4.69, 9.17) is 14.2 Å². The van der Waals surface area contributed by atoms with Crippen LogP contribution in [0, 0.1) is 0 Å². The molecular formula is C20H28N4O5. The van der Waals surface area contributed by atoms with Gasteiger partial charge in [-0.1, -0.05) is 0 Å². The molecule has 0 saturated carbocycles. The summed E-state index contributed by atoms with van der Waals surface area (Å²) in [5.74, 6) is 1.41. The standard InChI is InChI=1S/C20H28N4O5/c1-15(20(26)21-16-2-3-17-18(12-16)29-14-28-17)23-4-6-24(7-5-23)19(25)13-22-8-10-27-11-9-22/h2-3,12,15H,4-11,13-14H2,1H3,(H,21,26). The summed E-state index contributed by atoms with van der Waals surface area (Å²) in [6.07, 6.45) is 0. The number of carbonyl (C=O) groups excluding carboxylic acids is 2. The number of morpholine rings is 1. The maximum Gasteiger partial charge on any atom is 0.241 e. The molecule has 0 aromatic heterocycles. The van der Waals surface area contributed by atoms with Crippen molar-refractivity contribution < 1.29 is 23.8 Å². The van der Waals surface area contributed by atoms with Gasteiger partial charge in [0.25, 0.3) is 0 Å². The number of ether oxygens (including phenoxy) is 3. The Labute approximate surface area is 170 Å². The molecular weight excluding hydrogens is 376 g/mol. The molecule has 0 bridgehead atoms. The van der Waals surface area contributed by atoms with Gasteiger partial charge in [0.05, 0.1) is 25.8 Å². The second kappa shape index (κ2) is 8.98. The molecule has 4 rings (SSSR count). The average molecular weight is 404 g/mol. The summed E-state index contributed by atoms with van der Waals surface area (Å²) in [6, 6.07) is 5.09. The molecule has 29 heavy (non-hydrogen) atoms. The number of hydrogen-bond acceptors (Lipinski definition) is 7. The molecule has 2 saturated heterocycles. The first-order valence-electron chi connectivity index (χ1n) is 10.1. The lowest BCUT2D eigenvalue weighted by Crippen LogP contribution is -2.55. The predicted molar refractivity (Wildman–Crippen MR) is 106 cm³/mol. The Kier molecular flexibility index (Phi) is 6.17. The van der Waals surface area contributed by atoms with Crippen LogP contribution in [0.15, 0.2) is 18.2 Å². The van der Waals surface area contributed by atoms with Crippen LogP contribution in [0.5, 0.6) is 11.5 Å². The zero-order chi connectivity index (χ0) is 20.2. The van der Waals surface area contributed by atoms with Crippen LogP contribution >= 0.6 is 0 Å². The highest BCUT2D eigenvalue weighted by Gasteiger charge is 2.28. The lowest BCUT2D eigenvalue weighted by molar-refractivity contribution is -0.135. The van der Waals surface area contributed by atoms with Crippen molar-refractivity contribution in [3.8, 4) is 11.5 Å². The first kappa shape index (κ1) is 19.9. The molecule has 3 heterocycles. The summed E-state index contributed by atoms with van der Waals surface area (Å²) in [5, 5.41) is 2.94. The monoisotopic (exact) mass is 404 g/mol. The summed E-state index contributed by atoms with van der Waals surface area (Å²) in [7, 11) is 0. The molecule has 1 atom stereocenters. The maximum absolute atomic E-state index is 12.7. The number of hydrogen-bond donors (Lipinski definition) is 1. The predicted octanol–water partition coefficient (Wildman–Crippen LogP) is 0.219. The first-order valence-corrected chi connectivity index (χ1v) is 10.1. The smallest absolute Gasteiger partial charge is 0.241 e. The van der Waals surface area contributed by atoms with Gasteiger partial charge in [-0.05, 0) is 19.1 Å². The quantitative estimate of drug-likeness (QED) is 0.752. The number of rotatable bonds is 5. The Morgan fingerprint density at radius 1 is 1.03 bits per heavy atom. The van der Waals surface area contributed by atoms with Gasteiger partial charge in [-0.3, -0.25) is 19.4 Å². The van der Waals surface area contributed by atoms with Crippen LogP contribution in [-0.4, -0.2) is 98.4 Å². The molecule has 0 radical (unpaired) electrons. The van der Waals surface area contributed by atoms with Crippen LogP contribution in [0.25, 0.3) is 0 Å². The summed E-state index contributed by atoms with van der Waals surface area (Å²) in [6.45, 7) is 8.21. The Balaban J connectivity index is 1.24. The number of amides is 2. The number of carbonyl (C=O) groups is 2. The van der Waals surface area contributed by atoms with E-state index in [1.165, 1.54) is 0 Å². The van der Waals surface area contributed by atoms with E-state index in [0.717, 1.165) is 13.1 Å². The number of piperazine rings is 1. The van der Waals surface area contributed by atoms with Crippen molar-refractivity contribution in [1.82, 2.24) is 14.7 Å². The largest absolute Gasteiger partial charge is 0.454 e. The number of benzene rings is 1. The Morgan fingerprint density at radius 3 is 2.52 bits per heavy atom. The third-order valence-electron chi connectivity index (χ3n) is 5.70. The molecule has 2 amide bonds. The fourth-order valence-corrected chi connectivity index (χ4v) is 3.80. The topological polar surface area (TPSA) is 83.6 Å². The second-order valence-corrected chi connectivity index (χ2v) is 7.54. The fraction of sp³-hybridized carbons (Fsp3) is 0.600.